The lowest BCUT2D eigenvalue weighted by atomic mass is 9.93. The lowest BCUT2D eigenvalue weighted by Crippen LogP contribution is -2.29. The topological polar surface area (TPSA) is 66.9 Å². The van der Waals surface area contributed by atoms with Crippen LogP contribution >= 0.6 is 23.7 Å². The maximum absolute atomic E-state index is 11.9. The van der Waals surface area contributed by atoms with Crippen LogP contribution in [0, 0.1) is 5.92 Å². The third kappa shape index (κ3) is 6.18. The van der Waals surface area contributed by atoms with E-state index in [0.29, 0.717) is 18.9 Å². The molecule has 0 radical (unpaired) electrons. The van der Waals surface area contributed by atoms with E-state index < -0.39 is 0 Å². The molecule has 0 bridgehead atoms. The van der Waals surface area contributed by atoms with Gasteiger partial charge in [-0.25, -0.2) is 0 Å². The summed E-state index contributed by atoms with van der Waals surface area (Å²) in [6.45, 7) is 9.04. The van der Waals surface area contributed by atoms with E-state index in [1.807, 2.05) is 0 Å². The fourth-order valence-corrected chi connectivity index (χ4v) is 3.23. The van der Waals surface area contributed by atoms with Crippen molar-refractivity contribution in [2.75, 3.05) is 13.1 Å². The van der Waals surface area contributed by atoms with Crippen LogP contribution in [0.1, 0.15) is 56.5 Å². The predicted molar refractivity (Wildman–Crippen MR) is 92.5 cm³/mol. The Morgan fingerprint density at radius 1 is 1.32 bits per heavy atom. The highest BCUT2D eigenvalue weighted by Gasteiger charge is 2.19. The summed E-state index contributed by atoms with van der Waals surface area (Å²) in [5.41, 5.74) is 0.0228. The summed E-state index contributed by atoms with van der Waals surface area (Å²) in [7, 11) is 0. The van der Waals surface area contributed by atoms with Crippen LogP contribution in [0.3, 0.4) is 0 Å². The van der Waals surface area contributed by atoms with Crippen molar-refractivity contribution >= 4 is 29.7 Å². The number of aromatic nitrogens is 2. The standard InChI is InChI=1S/C15H26N4OS.ClH/c1-15(2,3)14-19-18-13(21-14)10-17-12(20)5-4-11-6-8-16-9-7-11;/h11,16H,4-10H2,1-3H3,(H,17,20);1H. The molecule has 1 saturated heterocycles. The van der Waals surface area contributed by atoms with E-state index in [4.69, 9.17) is 0 Å². The fraction of sp³-hybridized carbons (Fsp3) is 0.800. The Kier molecular flexibility index (Phi) is 7.72. The largest absolute Gasteiger partial charge is 0.350 e. The number of hydrogen-bond donors (Lipinski definition) is 2. The molecule has 2 heterocycles. The Balaban J connectivity index is 0.00000242. The highest BCUT2D eigenvalue weighted by Crippen LogP contribution is 2.25. The number of rotatable bonds is 5. The van der Waals surface area contributed by atoms with Gasteiger partial charge in [0.1, 0.15) is 10.0 Å². The normalized spacial score (nSPS) is 16.1. The van der Waals surface area contributed by atoms with Crippen molar-refractivity contribution in [1.82, 2.24) is 20.8 Å². The van der Waals surface area contributed by atoms with Gasteiger partial charge in [-0.2, -0.15) is 0 Å². The molecule has 0 saturated carbocycles. The van der Waals surface area contributed by atoms with Crippen molar-refractivity contribution in [3.05, 3.63) is 10.0 Å². The predicted octanol–water partition coefficient (Wildman–Crippen LogP) is 2.65. The van der Waals surface area contributed by atoms with Crippen LogP contribution in [0.15, 0.2) is 0 Å². The van der Waals surface area contributed by atoms with Crippen LogP contribution in [0.5, 0.6) is 0 Å². The third-order valence-electron chi connectivity index (χ3n) is 3.78. The summed E-state index contributed by atoms with van der Waals surface area (Å²) in [6, 6.07) is 0. The first-order chi connectivity index (χ1) is 9.95. The number of hydrogen-bond acceptors (Lipinski definition) is 5. The minimum absolute atomic E-state index is 0. The Labute approximate surface area is 143 Å². The van der Waals surface area contributed by atoms with Crippen LogP contribution in [-0.4, -0.2) is 29.2 Å². The summed E-state index contributed by atoms with van der Waals surface area (Å²) in [5, 5.41) is 16.6. The summed E-state index contributed by atoms with van der Waals surface area (Å²) >= 11 is 1.58. The number of nitrogens with zero attached hydrogens (tertiary/aromatic N) is 2. The Bertz CT molecular complexity index is 466. The third-order valence-corrected chi connectivity index (χ3v) is 5.13. The van der Waals surface area contributed by atoms with Gasteiger partial charge in [0.15, 0.2) is 0 Å². The summed E-state index contributed by atoms with van der Waals surface area (Å²) < 4.78 is 0. The molecule has 1 aromatic rings. The van der Waals surface area contributed by atoms with Crippen molar-refractivity contribution in [1.29, 1.82) is 0 Å². The summed E-state index contributed by atoms with van der Waals surface area (Å²) in [5.74, 6) is 0.826. The van der Waals surface area contributed by atoms with Crippen LogP contribution in [0.2, 0.25) is 0 Å². The minimum atomic E-state index is 0. The van der Waals surface area contributed by atoms with Crippen LogP contribution in [0.25, 0.3) is 0 Å². The van der Waals surface area contributed by atoms with E-state index in [1.165, 1.54) is 12.8 Å². The molecule has 0 unspecified atom stereocenters. The maximum Gasteiger partial charge on any atom is 0.220 e. The molecule has 2 N–H and O–H groups in total. The average molecular weight is 347 g/mol. The Morgan fingerprint density at radius 2 is 2.00 bits per heavy atom. The van der Waals surface area contributed by atoms with Crippen LogP contribution in [-0.2, 0) is 16.8 Å². The van der Waals surface area contributed by atoms with Gasteiger partial charge < -0.3 is 10.6 Å². The molecule has 2 rings (SSSR count). The molecule has 5 nitrogen and oxygen atoms in total. The molecule has 1 fully saturated rings. The molecule has 0 spiro atoms. The zero-order valence-electron chi connectivity index (χ0n) is 13.6. The molecule has 126 valence electrons. The van der Waals surface area contributed by atoms with Gasteiger partial charge in [-0.1, -0.05) is 32.1 Å². The number of nitrogens with one attached hydrogen (secondary N) is 2. The molecule has 0 aromatic carbocycles. The zero-order valence-corrected chi connectivity index (χ0v) is 15.3. The maximum atomic E-state index is 11.9. The molecule has 22 heavy (non-hydrogen) atoms. The van der Waals surface area contributed by atoms with E-state index in [1.54, 1.807) is 11.3 Å². The van der Waals surface area contributed by atoms with Gasteiger partial charge >= 0.3 is 0 Å². The van der Waals surface area contributed by atoms with Crippen LogP contribution < -0.4 is 10.6 Å². The second-order valence-corrected chi connectivity index (χ2v) is 7.82. The van der Waals surface area contributed by atoms with Gasteiger partial charge in [-0.3, -0.25) is 4.79 Å². The van der Waals surface area contributed by atoms with E-state index >= 15 is 0 Å². The molecule has 1 amide bonds. The van der Waals surface area contributed by atoms with Crippen molar-refractivity contribution in [3.63, 3.8) is 0 Å². The zero-order chi connectivity index (χ0) is 15.3. The smallest absolute Gasteiger partial charge is 0.220 e. The number of halogens is 1. The molecule has 0 aliphatic carbocycles. The monoisotopic (exact) mass is 346 g/mol. The first-order valence-corrected chi connectivity index (χ1v) is 8.57. The quantitative estimate of drug-likeness (QED) is 0.860. The highest BCUT2D eigenvalue weighted by atomic mass is 35.5. The van der Waals surface area contributed by atoms with E-state index in [2.05, 4.69) is 41.6 Å². The molecular formula is C15H27ClN4OS. The average Bonchev–Trinajstić information content (AvgIpc) is 2.93. The highest BCUT2D eigenvalue weighted by molar-refractivity contribution is 7.11. The molecule has 1 aliphatic rings. The van der Waals surface area contributed by atoms with Gasteiger partial charge in [0.05, 0.1) is 6.54 Å². The molecule has 7 heteroatoms. The van der Waals surface area contributed by atoms with Crippen molar-refractivity contribution < 1.29 is 4.79 Å². The van der Waals surface area contributed by atoms with Gasteiger partial charge in [0, 0.05) is 11.8 Å². The Hall–Kier alpha value is -0.720. The molecular weight excluding hydrogens is 320 g/mol. The SMILES string of the molecule is CC(C)(C)c1nnc(CNC(=O)CCC2CCNCC2)s1.Cl. The van der Waals surface area contributed by atoms with Crippen molar-refractivity contribution in [3.8, 4) is 0 Å². The van der Waals surface area contributed by atoms with Gasteiger partial charge in [-0.15, -0.1) is 22.6 Å². The number of carbonyl (C=O) groups is 1. The van der Waals surface area contributed by atoms with Crippen LogP contribution in [0.4, 0.5) is 0 Å². The molecule has 1 aliphatic heterocycles. The summed E-state index contributed by atoms with van der Waals surface area (Å²) in [6.07, 6.45) is 4.00. The Morgan fingerprint density at radius 3 is 2.59 bits per heavy atom. The number of amides is 1. The first kappa shape index (κ1) is 19.3. The van der Waals surface area contributed by atoms with Gasteiger partial charge in [0.25, 0.3) is 0 Å². The molecule has 1 aromatic heterocycles. The second kappa shape index (κ2) is 8.79. The first-order valence-electron chi connectivity index (χ1n) is 7.75. The van der Waals surface area contributed by atoms with E-state index in [9.17, 15) is 4.79 Å². The van der Waals surface area contributed by atoms with Gasteiger partial charge in [-0.05, 0) is 38.3 Å². The number of piperidine rings is 1. The minimum Gasteiger partial charge on any atom is -0.350 e. The van der Waals surface area contributed by atoms with Crippen molar-refractivity contribution in [2.45, 2.75) is 58.4 Å². The second-order valence-electron chi connectivity index (χ2n) is 6.76. The molecule has 0 atom stereocenters. The lowest BCUT2D eigenvalue weighted by molar-refractivity contribution is -0.121. The van der Waals surface area contributed by atoms with E-state index in [-0.39, 0.29) is 23.7 Å². The van der Waals surface area contributed by atoms with Gasteiger partial charge in [0.2, 0.25) is 5.91 Å². The fourth-order valence-electron chi connectivity index (χ4n) is 2.40. The lowest BCUT2D eigenvalue weighted by Gasteiger charge is -2.22. The number of carbonyl (C=O) groups excluding carboxylic acids is 1. The van der Waals surface area contributed by atoms with E-state index in [0.717, 1.165) is 29.5 Å². The van der Waals surface area contributed by atoms with Crippen molar-refractivity contribution in [2.24, 2.45) is 5.92 Å². The summed E-state index contributed by atoms with van der Waals surface area (Å²) in [4.78, 5) is 11.9.